The van der Waals surface area contributed by atoms with E-state index in [0.29, 0.717) is 12.5 Å². The molecule has 1 atom stereocenters. The number of nitrogens with one attached hydrogen (secondary N) is 1. The average Bonchev–Trinajstić information content (AvgIpc) is 2.39. The van der Waals surface area contributed by atoms with Crippen molar-refractivity contribution in [1.82, 2.24) is 10.2 Å². The number of nitrogen functional groups attached to an aromatic ring is 1. The largest absolute Gasteiger partial charge is 0.399 e. The summed E-state index contributed by atoms with van der Waals surface area (Å²) in [4.78, 5) is 14.1. The molecule has 0 spiro atoms. The standard InChI is InChI=1S/C16H25N3O.ClH/c1-2-5-16(20)18-15-8-4-9-19(12-15)11-13-6-3-7-14(17)10-13;/h3,6-7,10,15H,2,4-5,8-9,11-12,17H2,1H3,(H,18,20);1H. The number of carbonyl (C=O) groups is 1. The number of halogens is 1. The molecule has 0 aliphatic carbocycles. The summed E-state index contributed by atoms with van der Waals surface area (Å²) >= 11 is 0. The van der Waals surface area contributed by atoms with E-state index in [1.54, 1.807) is 0 Å². The van der Waals surface area contributed by atoms with Gasteiger partial charge in [0, 0.05) is 31.2 Å². The van der Waals surface area contributed by atoms with E-state index in [0.717, 1.165) is 44.6 Å². The second-order valence-electron chi connectivity index (χ2n) is 5.64. The van der Waals surface area contributed by atoms with Crippen LogP contribution in [-0.4, -0.2) is 29.9 Å². The Kier molecular flexibility index (Phi) is 7.54. The van der Waals surface area contributed by atoms with Crippen LogP contribution in [0.2, 0.25) is 0 Å². The zero-order valence-corrected chi connectivity index (χ0v) is 13.5. The average molecular weight is 312 g/mol. The molecule has 1 aliphatic rings. The highest BCUT2D eigenvalue weighted by Gasteiger charge is 2.21. The van der Waals surface area contributed by atoms with Crippen LogP contribution in [-0.2, 0) is 11.3 Å². The summed E-state index contributed by atoms with van der Waals surface area (Å²) in [6.45, 7) is 4.97. The van der Waals surface area contributed by atoms with Gasteiger partial charge in [-0.25, -0.2) is 0 Å². The number of likely N-dealkylation sites (tertiary alicyclic amines) is 1. The molecule has 0 aromatic heterocycles. The Morgan fingerprint density at radius 2 is 2.29 bits per heavy atom. The van der Waals surface area contributed by atoms with Crippen LogP contribution in [0, 0.1) is 0 Å². The van der Waals surface area contributed by atoms with Gasteiger partial charge >= 0.3 is 0 Å². The third kappa shape index (κ3) is 5.94. The highest BCUT2D eigenvalue weighted by Crippen LogP contribution is 2.15. The molecule has 1 aromatic carbocycles. The summed E-state index contributed by atoms with van der Waals surface area (Å²) < 4.78 is 0. The third-order valence-electron chi connectivity index (χ3n) is 3.70. The smallest absolute Gasteiger partial charge is 0.220 e. The maximum Gasteiger partial charge on any atom is 0.220 e. The Balaban J connectivity index is 0.00000220. The lowest BCUT2D eigenvalue weighted by atomic mass is 10.0. The molecule has 1 heterocycles. The van der Waals surface area contributed by atoms with Crippen molar-refractivity contribution in [3.8, 4) is 0 Å². The molecular weight excluding hydrogens is 286 g/mol. The van der Waals surface area contributed by atoms with Gasteiger partial charge in [-0.1, -0.05) is 19.1 Å². The van der Waals surface area contributed by atoms with E-state index in [9.17, 15) is 4.79 Å². The lowest BCUT2D eigenvalue weighted by molar-refractivity contribution is -0.122. The fourth-order valence-corrected chi connectivity index (χ4v) is 2.79. The minimum Gasteiger partial charge on any atom is -0.399 e. The lowest BCUT2D eigenvalue weighted by Gasteiger charge is -2.33. The van der Waals surface area contributed by atoms with Crippen LogP contribution in [0.1, 0.15) is 38.2 Å². The van der Waals surface area contributed by atoms with Crippen molar-refractivity contribution in [3.05, 3.63) is 29.8 Å². The third-order valence-corrected chi connectivity index (χ3v) is 3.70. The summed E-state index contributed by atoms with van der Waals surface area (Å²) in [5.41, 5.74) is 7.87. The van der Waals surface area contributed by atoms with Gasteiger partial charge in [-0.3, -0.25) is 9.69 Å². The second kappa shape index (κ2) is 8.90. The van der Waals surface area contributed by atoms with Gasteiger partial charge in [-0.2, -0.15) is 0 Å². The molecule has 21 heavy (non-hydrogen) atoms. The highest BCUT2D eigenvalue weighted by molar-refractivity contribution is 5.85. The van der Waals surface area contributed by atoms with Crippen molar-refractivity contribution in [2.45, 2.75) is 45.2 Å². The number of hydrogen-bond acceptors (Lipinski definition) is 3. The van der Waals surface area contributed by atoms with Gasteiger partial charge in [-0.15, -0.1) is 12.4 Å². The number of carbonyl (C=O) groups excluding carboxylic acids is 1. The molecule has 4 nitrogen and oxygen atoms in total. The van der Waals surface area contributed by atoms with Crippen LogP contribution in [0.4, 0.5) is 5.69 Å². The molecule has 0 radical (unpaired) electrons. The van der Waals surface area contributed by atoms with Crippen LogP contribution in [0.15, 0.2) is 24.3 Å². The molecule has 1 amide bonds. The second-order valence-corrected chi connectivity index (χ2v) is 5.64. The zero-order valence-electron chi connectivity index (χ0n) is 12.7. The molecule has 1 fully saturated rings. The van der Waals surface area contributed by atoms with Gasteiger partial charge in [0.2, 0.25) is 5.91 Å². The number of amides is 1. The normalized spacial score (nSPS) is 18.8. The summed E-state index contributed by atoms with van der Waals surface area (Å²) in [7, 11) is 0. The van der Waals surface area contributed by atoms with Crippen molar-refractivity contribution < 1.29 is 4.79 Å². The first-order valence-electron chi connectivity index (χ1n) is 7.53. The molecule has 1 aromatic rings. The number of nitrogens with zero attached hydrogens (tertiary/aromatic N) is 1. The number of nitrogens with two attached hydrogens (primary N) is 1. The summed E-state index contributed by atoms with van der Waals surface area (Å²) in [5, 5.41) is 3.14. The van der Waals surface area contributed by atoms with Crippen LogP contribution < -0.4 is 11.1 Å². The molecule has 3 N–H and O–H groups in total. The van der Waals surface area contributed by atoms with Crippen LogP contribution in [0.5, 0.6) is 0 Å². The number of hydrogen-bond donors (Lipinski definition) is 2. The number of piperidine rings is 1. The fourth-order valence-electron chi connectivity index (χ4n) is 2.79. The Morgan fingerprint density at radius 3 is 3.00 bits per heavy atom. The number of benzene rings is 1. The van der Waals surface area contributed by atoms with E-state index in [-0.39, 0.29) is 18.3 Å². The van der Waals surface area contributed by atoms with E-state index in [1.807, 2.05) is 25.1 Å². The Bertz CT molecular complexity index is 453. The topological polar surface area (TPSA) is 58.4 Å². The first kappa shape index (κ1) is 17.8. The molecule has 2 rings (SSSR count). The Hall–Kier alpha value is -1.26. The van der Waals surface area contributed by atoms with Gasteiger partial charge < -0.3 is 11.1 Å². The molecule has 0 saturated carbocycles. The predicted octanol–water partition coefficient (Wildman–Crippen LogP) is 2.57. The minimum atomic E-state index is 0. The summed E-state index contributed by atoms with van der Waals surface area (Å²) in [6, 6.07) is 8.33. The van der Waals surface area contributed by atoms with Gasteiger partial charge in [0.25, 0.3) is 0 Å². The molecule has 1 aliphatic heterocycles. The Labute approximate surface area is 133 Å². The van der Waals surface area contributed by atoms with Gasteiger partial charge in [0.05, 0.1) is 0 Å². The highest BCUT2D eigenvalue weighted by atomic mass is 35.5. The molecule has 1 saturated heterocycles. The van der Waals surface area contributed by atoms with E-state index >= 15 is 0 Å². The molecule has 0 bridgehead atoms. The minimum absolute atomic E-state index is 0. The predicted molar refractivity (Wildman–Crippen MR) is 89.5 cm³/mol. The first-order chi connectivity index (χ1) is 9.67. The Morgan fingerprint density at radius 1 is 1.48 bits per heavy atom. The number of rotatable bonds is 5. The van der Waals surface area contributed by atoms with Crippen LogP contribution in [0.3, 0.4) is 0 Å². The van der Waals surface area contributed by atoms with E-state index < -0.39 is 0 Å². The maximum atomic E-state index is 11.7. The molecule has 118 valence electrons. The number of anilines is 1. The first-order valence-corrected chi connectivity index (χ1v) is 7.53. The summed E-state index contributed by atoms with van der Waals surface area (Å²) in [5.74, 6) is 0.184. The van der Waals surface area contributed by atoms with Gasteiger partial charge in [0.15, 0.2) is 0 Å². The van der Waals surface area contributed by atoms with Crippen LogP contribution >= 0.6 is 12.4 Å². The van der Waals surface area contributed by atoms with E-state index in [2.05, 4.69) is 16.3 Å². The molecule has 1 unspecified atom stereocenters. The van der Waals surface area contributed by atoms with Crippen LogP contribution in [0.25, 0.3) is 0 Å². The van der Waals surface area contributed by atoms with Crippen molar-refractivity contribution in [2.24, 2.45) is 0 Å². The van der Waals surface area contributed by atoms with Gasteiger partial charge in [-0.05, 0) is 43.5 Å². The van der Waals surface area contributed by atoms with Crippen molar-refractivity contribution in [1.29, 1.82) is 0 Å². The molecular formula is C16H26ClN3O. The summed E-state index contributed by atoms with van der Waals surface area (Å²) in [6.07, 6.45) is 3.76. The van der Waals surface area contributed by atoms with Crippen molar-refractivity contribution in [3.63, 3.8) is 0 Å². The zero-order chi connectivity index (χ0) is 14.4. The SMILES string of the molecule is CCCC(=O)NC1CCCN(Cc2cccc(N)c2)C1.Cl. The fraction of sp³-hybridized carbons (Fsp3) is 0.562. The van der Waals surface area contributed by atoms with Gasteiger partial charge in [0.1, 0.15) is 0 Å². The monoisotopic (exact) mass is 311 g/mol. The van der Waals surface area contributed by atoms with Crippen molar-refractivity contribution >= 4 is 24.0 Å². The van der Waals surface area contributed by atoms with Crippen molar-refractivity contribution in [2.75, 3.05) is 18.8 Å². The maximum absolute atomic E-state index is 11.7. The lowest BCUT2D eigenvalue weighted by Crippen LogP contribution is -2.47. The van der Waals surface area contributed by atoms with E-state index in [4.69, 9.17) is 5.73 Å². The van der Waals surface area contributed by atoms with E-state index in [1.165, 1.54) is 5.56 Å². The molecule has 5 heteroatoms. The quantitative estimate of drug-likeness (QED) is 0.822.